The van der Waals surface area contributed by atoms with Crippen LogP contribution in [0.3, 0.4) is 0 Å². The van der Waals surface area contributed by atoms with E-state index in [4.69, 9.17) is 4.98 Å². The van der Waals surface area contributed by atoms with Crippen molar-refractivity contribution in [3.8, 4) is 0 Å². The first-order chi connectivity index (χ1) is 10.7. The molecule has 3 heterocycles. The van der Waals surface area contributed by atoms with Crippen molar-refractivity contribution in [2.75, 3.05) is 0 Å². The molecule has 0 saturated heterocycles. The standard InChI is InChI=1S/C15H13BrN6/c1-10(7-21-8-11(16)6-18-21)14-19-15-12-4-2-3-5-13(12)17-9-22(15)20-14/h2-6,8-10H,7H2,1H3. The molecule has 0 saturated carbocycles. The number of aromatic nitrogens is 6. The van der Waals surface area contributed by atoms with E-state index in [1.54, 1.807) is 17.0 Å². The second-order valence-electron chi connectivity index (χ2n) is 5.28. The van der Waals surface area contributed by atoms with Gasteiger partial charge in [0, 0.05) is 17.5 Å². The molecule has 110 valence electrons. The molecule has 0 aliphatic rings. The first kappa shape index (κ1) is 13.4. The maximum Gasteiger partial charge on any atom is 0.166 e. The topological polar surface area (TPSA) is 60.9 Å². The maximum atomic E-state index is 4.70. The second-order valence-corrected chi connectivity index (χ2v) is 6.20. The molecule has 0 radical (unpaired) electrons. The van der Waals surface area contributed by atoms with Gasteiger partial charge in [0.25, 0.3) is 0 Å². The molecule has 1 unspecified atom stereocenters. The Kier molecular flexibility index (Phi) is 3.15. The number of hydrogen-bond donors (Lipinski definition) is 0. The van der Waals surface area contributed by atoms with Crippen molar-refractivity contribution in [3.05, 3.63) is 53.3 Å². The SMILES string of the molecule is CC(Cn1cc(Br)cn1)c1nc2c3ccccc3ncn2n1. The summed E-state index contributed by atoms with van der Waals surface area (Å²) in [5.74, 6) is 0.954. The molecule has 0 fully saturated rings. The highest BCUT2D eigenvalue weighted by Gasteiger charge is 2.15. The Bertz CT molecular complexity index is 957. The minimum atomic E-state index is 0.158. The summed E-state index contributed by atoms with van der Waals surface area (Å²) >= 11 is 3.41. The maximum absolute atomic E-state index is 4.70. The Balaban J connectivity index is 1.74. The molecule has 0 aliphatic carbocycles. The van der Waals surface area contributed by atoms with E-state index < -0.39 is 0 Å². The summed E-state index contributed by atoms with van der Waals surface area (Å²) in [5, 5.41) is 9.85. The number of nitrogens with zero attached hydrogens (tertiary/aromatic N) is 6. The van der Waals surface area contributed by atoms with Crippen molar-refractivity contribution < 1.29 is 0 Å². The van der Waals surface area contributed by atoms with Gasteiger partial charge in [0.2, 0.25) is 0 Å². The van der Waals surface area contributed by atoms with Gasteiger partial charge in [0.1, 0.15) is 6.33 Å². The molecule has 7 heteroatoms. The van der Waals surface area contributed by atoms with E-state index in [0.717, 1.165) is 33.4 Å². The van der Waals surface area contributed by atoms with Crippen molar-refractivity contribution in [1.82, 2.24) is 29.4 Å². The number of para-hydroxylation sites is 1. The smallest absolute Gasteiger partial charge is 0.166 e. The van der Waals surface area contributed by atoms with Crippen molar-refractivity contribution in [2.24, 2.45) is 0 Å². The van der Waals surface area contributed by atoms with Crippen molar-refractivity contribution in [2.45, 2.75) is 19.4 Å². The van der Waals surface area contributed by atoms with Crippen LogP contribution in [0.4, 0.5) is 0 Å². The molecule has 0 bridgehead atoms. The first-order valence-corrected chi connectivity index (χ1v) is 7.78. The average Bonchev–Trinajstić information content (AvgIpc) is 3.13. The van der Waals surface area contributed by atoms with E-state index in [1.165, 1.54) is 0 Å². The van der Waals surface area contributed by atoms with Crippen LogP contribution in [-0.4, -0.2) is 29.4 Å². The summed E-state index contributed by atoms with van der Waals surface area (Å²) in [7, 11) is 0. The minimum Gasteiger partial charge on any atom is -0.271 e. The van der Waals surface area contributed by atoms with Crippen LogP contribution in [0.15, 0.2) is 47.5 Å². The summed E-state index contributed by atoms with van der Waals surface area (Å²) in [6.07, 6.45) is 5.44. The van der Waals surface area contributed by atoms with Crippen LogP contribution < -0.4 is 0 Å². The lowest BCUT2D eigenvalue weighted by atomic mass is 10.2. The summed E-state index contributed by atoms with van der Waals surface area (Å²) in [6, 6.07) is 7.96. The zero-order chi connectivity index (χ0) is 15.1. The van der Waals surface area contributed by atoms with E-state index in [1.807, 2.05) is 35.1 Å². The molecule has 6 nitrogen and oxygen atoms in total. The van der Waals surface area contributed by atoms with E-state index in [-0.39, 0.29) is 5.92 Å². The monoisotopic (exact) mass is 356 g/mol. The summed E-state index contributed by atoms with van der Waals surface area (Å²) in [5.41, 5.74) is 1.77. The molecule has 0 amide bonds. The Morgan fingerprint density at radius 3 is 2.95 bits per heavy atom. The molecule has 0 spiro atoms. The number of benzene rings is 1. The van der Waals surface area contributed by atoms with Gasteiger partial charge >= 0.3 is 0 Å². The lowest BCUT2D eigenvalue weighted by Crippen LogP contribution is -2.08. The molecule has 4 rings (SSSR count). The van der Waals surface area contributed by atoms with Crippen molar-refractivity contribution in [1.29, 1.82) is 0 Å². The molecule has 0 aliphatic heterocycles. The first-order valence-electron chi connectivity index (χ1n) is 6.99. The quantitative estimate of drug-likeness (QED) is 0.566. The Labute approximate surface area is 134 Å². The van der Waals surface area contributed by atoms with Crippen LogP contribution in [0.5, 0.6) is 0 Å². The predicted molar refractivity (Wildman–Crippen MR) is 86.6 cm³/mol. The van der Waals surface area contributed by atoms with Gasteiger partial charge in [-0.3, -0.25) is 4.68 Å². The third-order valence-corrected chi connectivity index (χ3v) is 4.01. The summed E-state index contributed by atoms with van der Waals surface area (Å²) in [4.78, 5) is 9.11. The fourth-order valence-corrected chi connectivity index (χ4v) is 2.83. The predicted octanol–water partition coefficient (Wildman–Crippen LogP) is 3.04. The average molecular weight is 357 g/mol. The van der Waals surface area contributed by atoms with Gasteiger partial charge in [0.05, 0.1) is 22.7 Å². The molecule has 4 aromatic rings. The third kappa shape index (κ3) is 2.27. The normalized spacial score (nSPS) is 13.0. The largest absolute Gasteiger partial charge is 0.271 e. The number of fused-ring (bicyclic) bond motifs is 3. The lowest BCUT2D eigenvalue weighted by Gasteiger charge is -2.06. The lowest BCUT2D eigenvalue weighted by molar-refractivity contribution is 0.524. The highest BCUT2D eigenvalue weighted by Crippen LogP contribution is 2.20. The third-order valence-electron chi connectivity index (χ3n) is 3.60. The summed E-state index contributed by atoms with van der Waals surface area (Å²) in [6.45, 7) is 2.83. The van der Waals surface area contributed by atoms with Crippen LogP contribution in [0.25, 0.3) is 16.6 Å². The van der Waals surface area contributed by atoms with Gasteiger partial charge in [-0.15, -0.1) is 5.10 Å². The van der Waals surface area contributed by atoms with Crippen LogP contribution in [0, 0.1) is 0 Å². The van der Waals surface area contributed by atoms with Gasteiger partial charge in [0.15, 0.2) is 11.5 Å². The minimum absolute atomic E-state index is 0.158. The fourth-order valence-electron chi connectivity index (χ4n) is 2.51. The highest BCUT2D eigenvalue weighted by molar-refractivity contribution is 9.10. The van der Waals surface area contributed by atoms with Crippen LogP contribution in [-0.2, 0) is 6.54 Å². The van der Waals surface area contributed by atoms with Crippen molar-refractivity contribution in [3.63, 3.8) is 0 Å². The van der Waals surface area contributed by atoms with Gasteiger partial charge in [-0.05, 0) is 28.1 Å². The number of halogens is 1. The number of hydrogen-bond acceptors (Lipinski definition) is 4. The Hall–Kier alpha value is -2.28. The summed E-state index contributed by atoms with van der Waals surface area (Å²) < 4.78 is 4.60. The van der Waals surface area contributed by atoms with Gasteiger partial charge in [-0.1, -0.05) is 19.1 Å². The Morgan fingerprint density at radius 1 is 1.27 bits per heavy atom. The molecule has 1 aromatic carbocycles. The molecular formula is C15H13BrN6. The zero-order valence-electron chi connectivity index (χ0n) is 11.9. The van der Waals surface area contributed by atoms with E-state index in [0.29, 0.717) is 0 Å². The van der Waals surface area contributed by atoms with Crippen LogP contribution in [0.2, 0.25) is 0 Å². The molecular weight excluding hydrogens is 344 g/mol. The number of rotatable bonds is 3. The molecule has 0 N–H and O–H groups in total. The van der Waals surface area contributed by atoms with Gasteiger partial charge in [-0.2, -0.15) is 5.10 Å². The van der Waals surface area contributed by atoms with E-state index in [9.17, 15) is 0 Å². The second kappa shape index (κ2) is 5.17. The molecule has 22 heavy (non-hydrogen) atoms. The van der Waals surface area contributed by atoms with Crippen molar-refractivity contribution >= 4 is 32.5 Å². The van der Waals surface area contributed by atoms with Crippen LogP contribution in [0.1, 0.15) is 18.7 Å². The fraction of sp³-hybridized carbons (Fsp3) is 0.200. The van der Waals surface area contributed by atoms with Gasteiger partial charge in [-0.25, -0.2) is 14.5 Å². The Morgan fingerprint density at radius 2 is 2.14 bits per heavy atom. The van der Waals surface area contributed by atoms with E-state index >= 15 is 0 Å². The van der Waals surface area contributed by atoms with Gasteiger partial charge < -0.3 is 0 Å². The molecule has 1 atom stereocenters. The van der Waals surface area contributed by atoms with E-state index in [2.05, 4.69) is 38.0 Å². The highest BCUT2D eigenvalue weighted by atomic mass is 79.9. The molecule has 3 aromatic heterocycles. The zero-order valence-corrected chi connectivity index (χ0v) is 13.5. The van der Waals surface area contributed by atoms with Crippen LogP contribution >= 0.6 is 15.9 Å².